The molecule has 0 atom stereocenters. The Hall–Kier alpha value is -1.02. The molecular formula is C16H24O2. The number of hydrogen-bond donors (Lipinski definition) is 1. The topological polar surface area (TPSA) is 29.5 Å². The number of ether oxygens (including phenoxy) is 1. The number of aliphatic hydroxyl groups is 1. The lowest BCUT2D eigenvalue weighted by molar-refractivity contribution is 0.00139. The zero-order valence-electron chi connectivity index (χ0n) is 11.3. The lowest BCUT2D eigenvalue weighted by Crippen LogP contribution is -2.32. The van der Waals surface area contributed by atoms with Gasteiger partial charge in [-0.3, -0.25) is 0 Å². The molecule has 0 radical (unpaired) electrons. The van der Waals surface area contributed by atoms with Gasteiger partial charge in [-0.2, -0.15) is 0 Å². The van der Waals surface area contributed by atoms with Crippen molar-refractivity contribution in [1.29, 1.82) is 0 Å². The first-order valence-electron chi connectivity index (χ1n) is 7.16. The predicted molar refractivity (Wildman–Crippen MR) is 74.0 cm³/mol. The van der Waals surface area contributed by atoms with Gasteiger partial charge in [0, 0.05) is 0 Å². The molecule has 0 unspecified atom stereocenters. The maximum atomic E-state index is 10.2. The van der Waals surface area contributed by atoms with Gasteiger partial charge in [0.05, 0.1) is 5.60 Å². The highest BCUT2D eigenvalue weighted by atomic mass is 16.5. The monoisotopic (exact) mass is 248 g/mol. The van der Waals surface area contributed by atoms with Crippen LogP contribution in [0.15, 0.2) is 24.3 Å². The highest BCUT2D eigenvalue weighted by Gasteiger charge is 2.31. The van der Waals surface area contributed by atoms with E-state index in [-0.39, 0.29) is 0 Å². The molecule has 1 fully saturated rings. The predicted octanol–water partition coefficient (Wildman–Crippen LogP) is 3.71. The van der Waals surface area contributed by atoms with Crippen LogP contribution in [0.25, 0.3) is 0 Å². The van der Waals surface area contributed by atoms with Gasteiger partial charge in [-0.25, -0.2) is 0 Å². The molecule has 2 nitrogen and oxygen atoms in total. The fraction of sp³-hybridized carbons (Fsp3) is 0.625. The quantitative estimate of drug-likeness (QED) is 0.831. The van der Waals surface area contributed by atoms with Crippen LogP contribution >= 0.6 is 0 Å². The first-order valence-corrected chi connectivity index (χ1v) is 7.16. The average Bonchev–Trinajstić information content (AvgIpc) is 2.82. The van der Waals surface area contributed by atoms with Gasteiger partial charge in [0.2, 0.25) is 0 Å². The van der Waals surface area contributed by atoms with Crippen LogP contribution in [0.3, 0.4) is 0 Å². The molecule has 1 aliphatic carbocycles. The summed E-state index contributed by atoms with van der Waals surface area (Å²) >= 11 is 0. The molecule has 1 aliphatic rings. The van der Waals surface area contributed by atoms with Crippen molar-refractivity contribution in [2.45, 2.75) is 57.5 Å². The van der Waals surface area contributed by atoms with Crippen molar-refractivity contribution in [1.82, 2.24) is 0 Å². The maximum Gasteiger partial charge on any atom is 0.119 e. The summed E-state index contributed by atoms with van der Waals surface area (Å²) in [6.45, 7) is 2.64. The molecule has 1 N–H and O–H groups in total. The number of rotatable bonds is 6. The normalized spacial score (nSPS) is 17.9. The van der Waals surface area contributed by atoms with Crippen molar-refractivity contribution in [3.05, 3.63) is 29.8 Å². The van der Waals surface area contributed by atoms with Crippen LogP contribution in [0.2, 0.25) is 0 Å². The summed E-state index contributed by atoms with van der Waals surface area (Å²) in [5.41, 5.74) is 0.743. The van der Waals surface area contributed by atoms with Gasteiger partial charge in [0.15, 0.2) is 0 Å². The van der Waals surface area contributed by atoms with Crippen molar-refractivity contribution < 1.29 is 9.84 Å². The summed E-state index contributed by atoms with van der Waals surface area (Å²) in [5, 5.41) is 10.2. The van der Waals surface area contributed by atoms with Gasteiger partial charge in [0.25, 0.3) is 0 Å². The van der Waals surface area contributed by atoms with E-state index in [1.54, 1.807) is 0 Å². The first-order chi connectivity index (χ1) is 8.72. The molecule has 1 aromatic rings. The smallest absolute Gasteiger partial charge is 0.119 e. The third-order valence-electron chi connectivity index (χ3n) is 3.76. The van der Waals surface area contributed by atoms with Crippen LogP contribution in [-0.2, 0) is 6.42 Å². The van der Waals surface area contributed by atoms with Gasteiger partial charge in [-0.1, -0.05) is 38.3 Å². The molecule has 0 spiro atoms. The van der Waals surface area contributed by atoms with Crippen LogP contribution in [0, 0.1) is 0 Å². The number of hydrogen-bond acceptors (Lipinski definition) is 2. The average molecular weight is 248 g/mol. The molecule has 100 valence electrons. The zero-order valence-corrected chi connectivity index (χ0v) is 11.3. The minimum atomic E-state index is -0.584. The van der Waals surface area contributed by atoms with E-state index in [0.717, 1.165) is 37.9 Å². The van der Waals surface area contributed by atoms with E-state index in [1.807, 2.05) is 12.1 Å². The van der Waals surface area contributed by atoms with E-state index < -0.39 is 5.60 Å². The van der Waals surface area contributed by atoms with Gasteiger partial charge < -0.3 is 9.84 Å². The van der Waals surface area contributed by atoms with E-state index in [9.17, 15) is 5.11 Å². The minimum absolute atomic E-state index is 0.435. The third kappa shape index (κ3) is 3.74. The van der Waals surface area contributed by atoms with Crippen molar-refractivity contribution >= 4 is 0 Å². The van der Waals surface area contributed by atoms with Gasteiger partial charge in [-0.05, 0) is 43.4 Å². The number of benzene rings is 1. The Kier molecular flexibility index (Phi) is 4.65. The Balaban J connectivity index is 1.88. The second kappa shape index (κ2) is 6.24. The van der Waals surface area contributed by atoms with Crippen LogP contribution in [0.4, 0.5) is 0 Å². The summed E-state index contributed by atoms with van der Waals surface area (Å²) in [6, 6.07) is 8.27. The first kappa shape index (κ1) is 13.4. The molecule has 2 heteroatoms. The van der Waals surface area contributed by atoms with Crippen LogP contribution in [0.5, 0.6) is 5.75 Å². The molecule has 18 heavy (non-hydrogen) atoms. The van der Waals surface area contributed by atoms with Crippen LogP contribution in [0.1, 0.15) is 51.0 Å². The zero-order chi connectivity index (χ0) is 12.8. The van der Waals surface area contributed by atoms with Crippen molar-refractivity contribution in [3.8, 4) is 5.75 Å². The number of aryl methyl sites for hydroxylation is 1. The molecule has 0 heterocycles. The Morgan fingerprint density at radius 2 is 2.06 bits per heavy atom. The fourth-order valence-corrected chi connectivity index (χ4v) is 2.57. The Morgan fingerprint density at radius 1 is 1.28 bits per heavy atom. The van der Waals surface area contributed by atoms with Gasteiger partial charge >= 0.3 is 0 Å². The fourth-order valence-electron chi connectivity index (χ4n) is 2.57. The second-order valence-corrected chi connectivity index (χ2v) is 5.47. The highest BCUT2D eigenvalue weighted by Crippen LogP contribution is 2.30. The molecule has 1 saturated carbocycles. The minimum Gasteiger partial charge on any atom is -0.491 e. The standard InChI is InChI=1S/C16H24O2/c1-2-3-7-14-8-6-9-15(12-14)18-13-16(17)10-4-5-11-16/h6,8-9,12,17H,2-5,7,10-11,13H2,1H3. The summed E-state index contributed by atoms with van der Waals surface area (Å²) in [6.07, 6.45) is 7.54. The lowest BCUT2D eigenvalue weighted by atomic mass is 10.0. The molecule has 0 aliphatic heterocycles. The van der Waals surface area contributed by atoms with Crippen LogP contribution in [-0.4, -0.2) is 17.3 Å². The SMILES string of the molecule is CCCCc1cccc(OCC2(O)CCCC2)c1. The Labute approximate surface area is 110 Å². The molecule has 0 amide bonds. The summed E-state index contributed by atoms with van der Waals surface area (Å²) in [4.78, 5) is 0. The molecule has 1 aromatic carbocycles. The van der Waals surface area contributed by atoms with Crippen molar-refractivity contribution in [3.63, 3.8) is 0 Å². The Morgan fingerprint density at radius 3 is 2.78 bits per heavy atom. The van der Waals surface area contributed by atoms with Crippen molar-refractivity contribution in [2.24, 2.45) is 0 Å². The molecule has 2 rings (SSSR count). The van der Waals surface area contributed by atoms with Gasteiger partial charge in [-0.15, -0.1) is 0 Å². The lowest BCUT2D eigenvalue weighted by Gasteiger charge is -2.22. The second-order valence-electron chi connectivity index (χ2n) is 5.47. The van der Waals surface area contributed by atoms with Crippen LogP contribution < -0.4 is 4.74 Å². The molecule has 0 bridgehead atoms. The van der Waals surface area contributed by atoms with Crippen molar-refractivity contribution in [2.75, 3.05) is 6.61 Å². The third-order valence-corrected chi connectivity index (χ3v) is 3.76. The molecule has 0 saturated heterocycles. The van der Waals surface area contributed by atoms with E-state index in [1.165, 1.54) is 18.4 Å². The van der Waals surface area contributed by atoms with E-state index in [0.29, 0.717) is 6.61 Å². The highest BCUT2D eigenvalue weighted by molar-refractivity contribution is 5.28. The van der Waals surface area contributed by atoms with E-state index in [2.05, 4.69) is 19.1 Å². The summed E-state index contributed by atoms with van der Waals surface area (Å²) in [7, 11) is 0. The summed E-state index contributed by atoms with van der Waals surface area (Å²) in [5.74, 6) is 0.893. The summed E-state index contributed by atoms with van der Waals surface area (Å²) < 4.78 is 5.76. The molecule has 0 aromatic heterocycles. The molecular weight excluding hydrogens is 224 g/mol. The largest absolute Gasteiger partial charge is 0.491 e. The Bertz CT molecular complexity index is 367. The van der Waals surface area contributed by atoms with E-state index >= 15 is 0 Å². The van der Waals surface area contributed by atoms with Gasteiger partial charge in [0.1, 0.15) is 12.4 Å². The van der Waals surface area contributed by atoms with E-state index in [4.69, 9.17) is 4.74 Å². The maximum absolute atomic E-state index is 10.2. The number of unbranched alkanes of at least 4 members (excludes halogenated alkanes) is 1.